The number of carbonyl (C=O) groups is 1. The standard InChI is InChI=1S/C15H29N3O.ClH/c1-12(13(19)17-14(2,3)4)18-10-7-15(11-18)5-8-16-9-6-15;/h12,16H,5-11H2,1-4H3,(H,17,19);1H. The molecule has 1 spiro atoms. The molecule has 0 aromatic rings. The van der Waals surface area contributed by atoms with Crippen molar-refractivity contribution < 1.29 is 4.79 Å². The highest BCUT2D eigenvalue weighted by Gasteiger charge is 2.41. The number of nitrogens with zero attached hydrogens (tertiary/aromatic N) is 1. The second kappa shape index (κ2) is 6.63. The molecule has 2 aliphatic heterocycles. The minimum Gasteiger partial charge on any atom is -0.350 e. The molecule has 0 aliphatic carbocycles. The minimum absolute atomic E-state index is 0. The van der Waals surface area contributed by atoms with Crippen LogP contribution < -0.4 is 10.6 Å². The molecule has 0 aromatic heterocycles. The molecular formula is C15H30ClN3O. The molecule has 0 bridgehead atoms. The summed E-state index contributed by atoms with van der Waals surface area (Å²) in [6.07, 6.45) is 3.77. The number of amides is 1. The maximum Gasteiger partial charge on any atom is 0.237 e. The summed E-state index contributed by atoms with van der Waals surface area (Å²) in [6, 6.07) is -0.00603. The fourth-order valence-corrected chi connectivity index (χ4v) is 3.31. The van der Waals surface area contributed by atoms with Crippen LogP contribution in [0, 0.1) is 5.41 Å². The van der Waals surface area contributed by atoms with Gasteiger partial charge >= 0.3 is 0 Å². The summed E-state index contributed by atoms with van der Waals surface area (Å²) in [5.74, 6) is 0.165. The molecule has 0 radical (unpaired) electrons. The number of hydrogen-bond acceptors (Lipinski definition) is 3. The van der Waals surface area contributed by atoms with E-state index in [1.165, 1.54) is 19.3 Å². The van der Waals surface area contributed by atoms with Crippen LogP contribution in [0.3, 0.4) is 0 Å². The summed E-state index contributed by atoms with van der Waals surface area (Å²) in [5, 5.41) is 6.53. The molecule has 5 heteroatoms. The Morgan fingerprint density at radius 2 is 1.85 bits per heavy atom. The average Bonchev–Trinajstić information content (AvgIpc) is 2.71. The molecule has 2 fully saturated rings. The predicted molar refractivity (Wildman–Crippen MR) is 85.3 cm³/mol. The van der Waals surface area contributed by atoms with Crippen LogP contribution in [0.5, 0.6) is 0 Å². The Morgan fingerprint density at radius 3 is 2.40 bits per heavy atom. The van der Waals surface area contributed by atoms with Crippen molar-refractivity contribution in [3.8, 4) is 0 Å². The quantitative estimate of drug-likeness (QED) is 0.817. The van der Waals surface area contributed by atoms with Crippen LogP contribution in [0.25, 0.3) is 0 Å². The molecule has 2 N–H and O–H groups in total. The Balaban J connectivity index is 0.00000200. The van der Waals surface area contributed by atoms with Gasteiger partial charge in [-0.05, 0) is 72.0 Å². The van der Waals surface area contributed by atoms with Gasteiger partial charge in [-0.2, -0.15) is 0 Å². The Labute approximate surface area is 129 Å². The lowest BCUT2D eigenvalue weighted by Gasteiger charge is -2.35. The summed E-state index contributed by atoms with van der Waals surface area (Å²) in [4.78, 5) is 14.6. The average molecular weight is 304 g/mol. The van der Waals surface area contributed by atoms with Gasteiger partial charge < -0.3 is 10.6 Å². The topological polar surface area (TPSA) is 44.4 Å². The lowest BCUT2D eigenvalue weighted by Crippen LogP contribution is -2.51. The van der Waals surface area contributed by atoms with E-state index in [4.69, 9.17) is 0 Å². The van der Waals surface area contributed by atoms with Crippen LogP contribution in [0.4, 0.5) is 0 Å². The van der Waals surface area contributed by atoms with Crippen molar-refractivity contribution in [3.05, 3.63) is 0 Å². The van der Waals surface area contributed by atoms with Crippen molar-refractivity contribution in [2.24, 2.45) is 5.41 Å². The molecule has 0 aromatic carbocycles. The van der Waals surface area contributed by atoms with Crippen LogP contribution >= 0.6 is 12.4 Å². The zero-order chi connectivity index (χ0) is 14.1. The number of hydrogen-bond donors (Lipinski definition) is 2. The van der Waals surface area contributed by atoms with Gasteiger partial charge in [0.15, 0.2) is 0 Å². The van der Waals surface area contributed by atoms with Gasteiger partial charge in [-0.15, -0.1) is 12.4 Å². The molecule has 2 saturated heterocycles. The number of halogens is 1. The second-order valence-corrected chi connectivity index (χ2v) is 7.39. The lowest BCUT2D eigenvalue weighted by molar-refractivity contribution is -0.127. The van der Waals surface area contributed by atoms with Crippen LogP contribution in [-0.4, -0.2) is 48.6 Å². The van der Waals surface area contributed by atoms with E-state index in [1.807, 2.05) is 27.7 Å². The molecule has 1 unspecified atom stereocenters. The molecule has 118 valence electrons. The smallest absolute Gasteiger partial charge is 0.237 e. The highest BCUT2D eigenvalue weighted by atomic mass is 35.5. The Bertz CT molecular complexity index is 335. The number of nitrogens with one attached hydrogen (secondary N) is 2. The molecular weight excluding hydrogens is 274 g/mol. The third kappa shape index (κ3) is 4.34. The van der Waals surface area contributed by atoms with E-state index < -0.39 is 0 Å². The third-order valence-electron chi connectivity index (χ3n) is 4.56. The SMILES string of the molecule is CC(C(=O)NC(C)(C)C)N1CCC2(CCNCC2)C1.Cl. The Morgan fingerprint density at radius 1 is 1.25 bits per heavy atom. The van der Waals surface area contributed by atoms with E-state index in [2.05, 4.69) is 15.5 Å². The largest absolute Gasteiger partial charge is 0.350 e. The molecule has 20 heavy (non-hydrogen) atoms. The van der Waals surface area contributed by atoms with E-state index in [9.17, 15) is 4.79 Å². The monoisotopic (exact) mass is 303 g/mol. The van der Waals surface area contributed by atoms with E-state index in [1.54, 1.807) is 0 Å². The summed E-state index contributed by atoms with van der Waals surface area (Å²) >= 11 is 0. The van der Waals surface area contributed by atoms with Gasteiger partial charge in [0.2, 0.25) is 5.91 Å². The van der Waals surface area contributed by atoms with Gasteiger partial charge in [0.05, 0.1) is 6.04 Å². The predicted octanol–water partition coefficient (Wildman–Crippen LogP) is 1.79. The summed E-state index contributed by atoms with van der Waals surface area (Å²) < 4.78 is 0. The lowest BCUT2D eigenvalue weighted by atomic mass is 9.78. The minimum atomic E-state index is -0.141. The zero-order valence-corrected chi connectivity index (χ0v) is 14.1. The fraction of sp³-hybridized carbons (Fsp3) is 0.933. The van der Waals surface area contributed by atoms with Crippen LogP contribution in [0.15, 0.2) is 0 Å². The van der Waals surface area contributed by atoms with Crippen molar-refractivity contribution in [1.29, 1.82) is 0 Å². The fourth-order valence-electron chi connectivity index (χ4n) is 3.31. The second-order valence-electron chi connectivity index (χ2n) is 7.39. The maximum atomic E-state index is 12.3. The van der Waals surface area contributed by atoms with Crippen molar-refractivity contribution in [3.63, 3.8) is 0 Å². The van der Waals surface area contributed by atoms with E-state index in [0.717, 1.165) is 26.2 Å². The van der Waals surface area contributed by atoms with E-state index >= 15 is 0 Å². The molecule has 2 rings (SSSR count). The molecule has 4 nitrogen and oxygen atoms in total. The highest BCUT2D eigenvalue weighted by Crippen LogP contribution is 2.39. The number of carbonyl (C=O) groups excluding carboxylic acids is 1. The summed E-state index contributed by atoms with van der Waals surface area (Å²) in [5.41, 5.74) is 0.332. The number of likely N-dealkylation sites (tertiary alicyclic amines) is 1. The molecule has 0 saturated carbocycles. The summed E-state index contributed by atoms with van der Waals surface area (Å²) in [7, 11) is 0. The van der Waals surface area contributed by atoms with Crippen molar-refractivity contribution in [2.45, 2.75) is 58.5 Å². The number of rotatable bonds is 2. The van der Waals surface area contributed by atoms with Gasteiger partial charge in [-0.25, -0.2) is 0 Å². The van der Waals surface area contributed by atoms with Crippen molar-refractivity contribution >= 4 is 18.3 Å². The maximum absolute atomic E-state index is 12.3. The van der Waals surface area contributed by atoms with Crippen LogP contribution in [-0.2, 0) is 4.79 Å². The Kier molecular flexibility index (Phi) is 5.88. The molecule has 1 atom stereocenters. The summed E-state index contributed by atoms with van der Waals surface area (Å²) in [6.45, 7) is 12.6. The van der Waals surface area contributed by atoms with Gasteiger partial charge in [-0.1, -0.05) is 0 Å². The van der Waals surface area contributed by atoms with Gasteiger partial charge in [0.25, 0.3) is 0 Å². The van der Waals surface area contributed by atoms with Crippen molar-refractivity contribution in [1.82, 2.24) is 15.5 Å². The van der Waals surface area contributed by atoms with E-state index in [0.29, 0.717) is 5.41 Å². The molecule has 1 amide bonds. The van der Waals surface area contributed by atoms with Gasteiger partial charge in [-0.3, -0.25) is 9.69 Å². The van der Waals surface area contributed by atoms with Crippen LogP contribution in [0.2, 0.25) is 0 Å². The highest BCUT2D eigenvalue weighted by molar-refractivity contribution is 5.85. The van der Waals surface area contributed by atoms with Crippen LogP contribution in [0.1, 0.15) is 47.0 Å². The third-order valence-corrected chi connectivity index (χ3v) is 4.56. The first-order valence-corrected chi connectivity index (χ1v) is 7.58. The van der Waals surface area contributed by atoms with E-state index in [-0.39, 0.29) is 29.9 Å². The first-order valence-electron chi connectivity index (χ1n) is 7.58. The van der Waals surface area contributed by atoms with Crippen molar-refractivity contribution in [2.75, 3.05) is 26.2 Å². The first kappa shape index (κ1) is 17.7. The Hall–Kier alpha value is -0.320. The first-order chi connectivity index (χ1) is 8.81. The normalized spacial score (nSPS) is 24.2. The molecule has 2 aliphatic rings. The molecule has 2 heterocycles. The van der Waals surface area contributed by atoms with Gasteiger partial charge in [0.1, 0.15) is 0 Å². The van der Waals surface area contributed by atoms with Gasteiger partial charge in [0, 0.05) is 12.1 Å². The zero-order valence-electron chi connectivity index (χ0n) is 13.3. The number of piperidine rings is 1.